The summed E-state index contributed by atoms with van der Waals surface area (Å²) in [6, 6.07) is 3.30. The Labute approximate surface area is 104 Å². The highest BCUT2D eigenvalue weighted by atomic mass is 16.4. The Morgan fingerprint density at radius 1 is 1.39 bits per heavy atom. The van der Waals surface area contributed by atoms with Crippen molar-refractivity contribution in [3.8, 4) is 0 Å². The van der Waals surface area contributed by atoms with E-state index in [9.17, 15) is 9.59 Å². The number of hydrogen-bond acceptors (Lipinski definition) is 4. The van der Waals surface area contributed by atoms with Crippen molar-refractivity contribution < 1.29 is 14.7 Å². The number of piperidine rings is 1. The summed E-state index contributed by atoms with van der Waals surface area (Å²) in [5.74, 6) is -1.37. The van der Waals surface area contributed by atoms with Crippen LogP contribution in [0.15, 0.2) is 18.3 Å². The van der Waals surface area contributed by atoms with E-state index in [1.165, 1.54) is 6.20 Å². The number of anilines is 1. The second-order valence-corrected chi connectivity index (χ2v) is 4.35. The molecular formula is C12H15N3O3. The van der Waals surface area contributed by atoms with Gasteiger partial charge in [0.05, 0.1) is 11.6 Å². The number of nitrogens with two attached hydrogens (primary N) is 1. The molecule has 0 bridgehead atoms. The van der Waals surface area contributed by atoms with Crippen molar-refractivity contribution in [2.75, 3.05) is 18.8 Å². The number of carboxylic acid groups (broad SMARTS) is 1. The molecule has 0 aromatic carbocycles. The molecule has 1 aromatic rings. The number of carbonyl (C=O) groups excluding carboxylic acids is 1. The number of aliphatic carboxylic acids is 1. The van der Waals surface area contributed by atoms with Crippen LogP contribution >= 0.6 is 0 Å². The molecule has 0 aliphatic carbocycles. The van der Waals surface area contributed by atoms with Crippen molar-refractivity contribution >= 4 is 17.6 Å². The smallest absolute Gasteiger partial charge is 0.306 e. The molecule has 0 spiro atoms. The zero-order valence-corrected chi connectivity index (χ0v) is 9.87. The Bertz CT molecular complexity index is 467. The van der Waals surface area contributed by atoms with E-state index >= 15 is 0 Å². The molecular weight excluding hydrogens is 234 g/mol. The first kappa shape index (κ1) is 12.3. The number of nitrogens with zero attached hydrogens (tertiary/aromatic N) is 2. The molecule has 0 saturated carbocycles. The van der Waals surface area contributed by atoms with Crippen LogP contribution in [0.5, 0.6) is 0 Å². The summed E-state index contributed by atoms with van der Waals surface area (Å²) < 4.78 is 0. The van der Waals surface area contributed by atoms with Gasteiger partial charge in [0.25, 0.3) is 5.91 Å². The van der Waals surface area contributed by atoms with Crippen molar-refractivity contribution in [3.05, 3.63) is 24.0 Å². The molecule has 1 aromatic heterocycles. The van der Waals surface area contributed by atoms with Crippen LogP contribution in [0.3, 0.4) is 0 Å². The van der Waals surface area contributed by atoms with E-state index in [0.717, 1.165) is 0 Å². The molecule has 1 aliphatic heterocycles. The molecule has 0 unspecified atom stereocenters. The second kappa shape index (κ2) is 5.03. The third kappa shape index (κ3) is 2.42. The van der Waals surface area contributed by atoms with Crippen LogP contribution in [-0.4, -0.2) is 40.0 Å². The predicted octanol–water partition coefficient (Wildman–Crippen LogP) is 0.601. The van der Waals surface area contributed by atoms with E-state index in [1.807, 2.05) is 0 Å². The standard InChI is InChI=1S/C12H15N3O3/c13-9-2-1-5-14-10(9)11(16)15-6-3-8(4-7-15)12(17)18/h1-2,5,8H,3-4,6-7,13H2,(H,17,18). The first-order valence-corrected chi connectivity index (χ1v) is 5.82. The van der Waals surface area contributed by atoms with E-state index in [-0.39, 0.29) is 17.5 Å². The largest absolute Gasteiger partial charge is 0.481 e. The van der Waals surface area contributed by atoms with Gasteiger partial charge in [0.2, 0.25) is 0 Å². The lowest BCUT2D eigenvalue weighted by Gasteiger charge is -2.30. The molecule has 1 saturated heterocycles. The third-order valence-corrected chi connectivity index (χ3v) is 3.17. The molecule has 1 amide bonds. The Morgan fingerprint density at radius 3 is 2.61 bits per heavy atom. The molecule has 96 valence electrons. The van der Waals surface area contributed by atoms with Crippen molar-refractivity contribution in [2.24, 2.45) is 5.92 Å². The fraction of sp³-hybridized carbons (Fsp3) is 0.417. The van der Waals surface area contributed by atoms with Gasteiger partial charge in [0, 0.05) is 19.3 Å². The highest BCUT2D eigenvalue weighted by Crippen LogP contribution is 2.20. The van der Waals surface area contributed by atoms with Gasteiger partial charge in [0.15, 0.2) is 5.69 Å². The predicted molar refractivity (Wildman–Crippen MR) is 64.9 cm³/mol. The molecule has 2 rings (SSSR count). The quantitative estimate of drug-likeness (QED) is 0.800. The van der Waals surface area contributed by atoms with E-state index < -0.39 is 5.97 Å². The van der Waals surface area contributed by atoms with Crippen molar-refractivity contribution in [3.63, 3.8) is 0 Å². The van der Waals surface area contributed by atoms with Gasteiger partial charge in [0.1, 0.15) is 0 Å². The average Bonchev–Trinajstić information content (AvgIpc) is 2.38. The van der Waals surface area contributed by atoms with Crippen molar-refractivity contribution in [1.29, 1.82) is 0 Å². The van der Waals surface area contributed by atoms with Crippen LogP contribution in [0.4, 0.5) is 5.69 Å². The lowest BCUT2D eigenvalue weighted by Crippen LogP contribution is -2.40. The maximum absolute atomic E-state index is 12.1. The Hall–Kier alpha value is -2.11. The summed E-state index contributed by atoms with van der Waals surface area (Å²) >= 11 is 0. The number of aromatic nitrogens is 1. The fourth-order valence-corrected chi connectivity index (χ4v) is 2.08. The number of hydrogen-bond donors (Lipinski definition) is 2. The summed E-state index contributed by atoms with van der Waals surface area (Å²) in [4.78, 5) is 28.5. The summed E-state index contributed by atoms with van der Waals surface area (Å²) in [7, 11) is 0. The van der Waals surface area contributed by atoms with Crippen LogP contribution in [0.2, 0.25) is 0 Å². The topological polar surface area (TPSA) is 96.5 Å². The van der Waals surface area contributed by atoms with Gasteiger partial charge in [-0.05, 0) is 25.0 Å². The Kier molecular flexibility index (Phi) is 3.45. The fourth-order valence-electron chi connectivity index (χ4n) is 2.08. The average molecular weight is 249 g/mol. The third-order valence-electron chi connectivity index (χ3n) is 3.17. The van der Waals surface area contributed by atoms with Gasteiger partial charge >= 0.3 is 5.97 Å². The summed E-state index contributed by atoms with van der Waals surface area (Å²) in [6.07, 6.45) is 2.48. The van der Waals surface area contributed by atoms with E-state index in [2.05, 4.69) is 4.98 Å². The second-order valence-electron chi connectivity index (χ2n) is 4.35. The number of nitrogen functional groups attached to an aromatic ring is 1. The SMILES string of the molecule is Nc1cccnc1C(=O)N1CCC(C(=O)O)CC1. The molecule has 6 heteroatoms. The summed E-state index contributed by atoms with van der Waals surface area (Å²) in [6.45, 7) is 0.873. The molecule has 0 radical (unpaired) electrons. The maximum Gasteiger partial charge on any atom is 0.306 e. The Morgan fingerprint density at radius 2 is 2.06 bits per heavy atom. The number of pyridine rings is 1. The molecule has 0 atom stereocenters. The minimum Gasteiger partial charge on any atom is -0.481 e. The zero-order chi connectivity index (χ0) is 13.1. The van der Waals surface area contributed by atoms with Crippen LogP contribution in [-0.2, 0) is 4.79 Å². The Balaban J connectivity index is 2.04. The number of carbonyl (C=O) groups is 2. The maximum atomic E-state index is 12.1. The first-order chi connectivity index (χ1) is 8.59. The lowest BCUT2D eigenvalue weighted by molar-refractivity contribution is -0.143. The van der Waals surface area contributed by atoms with Gasteiger partial charge in [-0.15, -0.1) is 0 Å². The van der Waals surface area contributed by atoms with E-state index in [0.29, 0.717) is 31.6 Å². The van der Waals surface area contributed by atoms with Crippen LogP contribution < -0.4 is 5.73 Å². The van der Waals surface area contributed by atoms with Crippen LogP contribution in [0, 0.1) is 5.92 Å². The van der Waals surface area contributed by atoms with Crippen molar-refractivity contribution in [1.82, 2.24) is 9.88 Å². The molecule has 2 heterocycles. The van der Waals surface area contributed by atoms with Crippen LogP contribution in [0.1, 0.15) is 23.3 Å². The van der Waals surface area contributed by atoms with E-state index in [4.69, 9.17) is 10.8 Å². The molecule has 3 N–H and O–H groups in total. The molecule has 6 nitrogen and oxygen atoms in total. The zero-order valence-electron chi connectivity index (χ0n) is 9.87. The lowest BCUT2D eigenvalue weighted by atomic mass is 9.97. The molecule has 18 heavy (non-hydrogen) atoms. The number of rotatable bonds is 2. The van der Waals surface area contributed by atoms with Gasteiger partial charge < -0.3 is 15.7 Å². The normalized spacial score (nSPS) is 16.6. The van der Waals surface area contributed by atoms with Gasteiger partial charge in [-0.25, -0.2) is 4.98 Å². The molecule has 1 aliphatic rings. The number of carboxylic acids is 1. The highest BCUT2D eigenvalue weighted by Gasteiger charge is 2.28. The minimum absolute atomic E-state index is 0.225. The summed E-state index contributed by atoms with van der Waals surface area (Å²) in [5.41, 5.74) is 6.29. The van der Waals surface area contributed by atoms with Gasteiger partial charge in [-0.3, -0.25) is 9.59 Å². The van der Waals surface area contributed by atoms with Gasteiger partial charge in [-0.1, -0.05) is 0 Å². The first-order valence-electron chi connectivity index (χ1n) is 5.82. The number of likely N-dealkylation sites (tertiary alicyclic amines) is 1. The van der Waals surface area contributed by atoms with Gasteiger partial charge in [-0.2, -0.15) is 0 Å². The van der Waals surface area contributed by atoms with E-state index in [1.54, 1.807) is 17.0 Å². The summed E-state index contributed by atoms with van der Waals surface area (Å²) in [5, 5.41) is 8.89. The highest BCUT2D eigenvalue weighted by molar-refractivity contribution is 5.97. The van der Waals surface area contributed by atoms with Crippen molar-refractivity contribution in [2.45, 2.75) is 12.8 Å². The van der Waals surface area contributed by atoms with Crippen LogP contribution in [0.25, 0.3) is 0 Å². The minimum atomic E-state index is -0.792. The number of amides is 1. The molecule has 1 fully saturated rings. The monoisotopic (exact) mass is 249 g/mol.